The number of hydrogen-bond acceptors (Lipinski definition) is 5. The van der Waals surface area contributed by atoms with Gasteiger partial charge in [0.25, 0.3) is 0 Å². The fraction of sp³-hybridized carbons (Fsp3) is 0.333. The summed E-state index contributed by atoms with van der Waals surface area (Å²) in [4.78, 5) is 16.2. The third-order valence-corrected chi connectivity index (χ3v) is 5.53. The number of carbonyl (C=O) groups excluding carboxylic acids is 1. The highest BCUT2D eigenvalue weighted by Crippen LogP contribution is 2.31. The minimum Gasteiger partial charge on any atom is -0.469 e. The van der Waals surface area contributed by atoms with E-state index in [4.69, 9.17) is 9.72 Å². The lowest BCUT2D eigenvalue weighted by molar-refractivity contribution is -0.140. The van der Waals surface area contributed by atoms with E-state index in [1.807, 2.05) is 18.2 Å². The van der Waals surface area contributed by atoms with Crippen molar-refractivity contribution >= 4 is 22.4 Å². The minimum atomic E-state index is -0.195. The van der Waals surface area contributed by atoms with Crippen molar-refractivity contribution < 1.29 is 9.53 Å². The quantitative estimate of drug-likeness (QED) is 0.586. The summed E-state index contributed by atoms with van der Waals surface area (Å²) in [6.45, 7) is 6.87. The monoisotopic (exact) mass is 383 g/mol. The molecule has 1 aromatic carbocycles. The number of ether oxygens (including phenoxy) is 1. The molecule has 0 aliphatic heterocycles. The number of rotatable bonds is 7. The van der Waals surface area contributed by atoms with E-state index in [1.54, 1.807) is 11.3 Å². The maximum Gasteiger partial charge on any atom is 0.307 e. The van der Waals surface area contributed by atoms with E-state index in [0.29, 0.717) is 13.0 Å². The van der Waals surface area contributed by atoms with Gasteiger partial charge in [-0.15, -0.1) is 11.3 Å². The van der Waals surface area contributed by atoms with Crippen LogP contribution in [0.5, 0.6) is 0 Å². The van der Waals surface area contributed by atoms with Crippen LogP contribution in [0.2, 0.25) is 0 Å². The molecule has 3 aromatic rings. The van der Waals surface area contributed by atoms with Gasteiger partial charge >= 0.3 is 5.97 Å². The molecule has 1 N–H and O–H groups in total. The molecule has 0 aliphatic rings. The maximum absolute atomic E-state index is 11.5. The van der Waals surface area contributed by atoms with Crippen molar-refractivity contribution in [1.29, 1.82) is 0 Å². The summed E-state index contributed by atoms with van der Waals surface area (Å²) in [6.07, 6.45) is 0.366. The van der Waals surface area contributed by atoms with Gasteiger partial charge in [0.05, 0.1) is 25.3 Å². The van der Waals surface area contributed by atoms with Crippen LogP contribution in [-0.2, 0) is 16.1 Å². The van der Waals surface area contributed by atoms with Crippen molar-refractivity contribution in [2.24, 2.45) is 0 Å². The van der Waals surface area contributed by atoms with Gasteiger partial charge in [-0.1, -0.05) is 30.3 Å². The average molecular weight is 384 g/mol. The molecule has 142 valence electrons. The summed E-state index contributed by atoms with van der Waals surface area (Å²) in [6, 6.07) is 12.7. The Kier molecular flexibility index (Phi) is 5.96. The van der Waals surface area contributed by atoms with Crippen LogP contribution < -0.4 is 5.32 Å². The van der Waals surface area contributed by atoms with Crippen LogP contribution in [0.4, 0.5) is 5.13 Å². The molecule has 6 heteroatoms. The van der Waals surface area contributed by atoms with Crippen LogP contribution in [-0.4, -0.2) is 22.6 Å². The molecular weight excluding hydrogens is 358 g/mol. The van der Waals surface area contributed by atoms with Gasteiger partial charge in [0.15, 0.2) is 5.13 Å². The molecule has 0 saturated heterocycles. The summed E-state index contributed by atoms with van der Waals surface area (Å²) in [5, 5.41) is 6.46. The Hall–Kier alpha value is -2.60. The molecule has 3 rings (SSSR count). The van der Waals surface area contributed by atoms with Gasteiger partial charge in [-0.25, -0.2) is 4.98 Å². The number of benzene rings is 1. The Morgan fingerprint density at radius 2 is 2.04 bits per heavy atom. The second-order valence-electron chi connectivity index (χ2n) is 6.58. The van der Waals surface area contributed by atoms with E-state index in [9.17, 15) is 4.79 Å². The largest absolute Gasteiger partial charge is 0.469 e. The number of aromatic nitrogens is 2. The molecular formula is C21H25N3O2S. The van der Waals surface area contributed by atoms with Crippen molar-refractivity contribution in [2.75, 3.05) is 12.4 Å². The summed E-state index contributed by atoms with van der Waals surface area (Å²) in [7, 11) is 1.42. The SMILES string of the molecule is COC(=O)CCn1c(C)cc(-c2csc(N[C@@H](C)c3ccccc3)n2)c1C. The smallest absolute Gasteiger partial charge is 0.307 e. The Labute approximate surface area is 164 Å². The summed E-state index contributed by atoms with van der Waals surface area (Å²) < 4.78 is 6.89. The number of nitrogens with zero attached hydrogens (tertiary/aromatic N) is 2. The number of hydrogen-bond donors (Lipinski definition) is 1. The highest BCUT2D eigenvalue weighted by Gasteiger charge is 2.15. The second-order valence-corrected chi connectivity index (χ2v) is 7.44. The zero-order valence-corrected chi connectivity index (χ0v) is 17.0. The number of aryl methyl sites for hydroxylation is 1. The zero-order chi connectivity index (χ0) is 19.4. The maximum atomic E-state index is 11.5. The molecule has 0 saturated carbocycles. The third-order valence-electron chi connectivity index (χ3n) is 4.76. The first kappa shape index (κ1) is 19.2. The van der Waals surface area contributed by atoms with Crippen LogP contribution in [0, 0.1) is 13.8 Å². The molecule has 0 aliphatic carbocycles. The molecule has 2 aromatic heterocycles. The van der Waals surface area contributed by atoms with Gasteiger partial charge in [0, 0.05) is 28.9 Å². The molecule has 0 amide bonds. The van der Waals surface area contributed by atoms with Crippen LogP contribution in [0.15, 0.2) is 41.8 Å². The van der Waals surface area contributed by atoms with Crippen LogP contribution >= 0.6 is 11.3 Å². The Morgan fingerprint density at radius 3 is 2.74 bits per heavy atom. The molecule has 0 fully saturated rings. The molecule has 0 spiro atoms. The Bertz CT molecular complexity index is 915. The minimum absolute atomic E-state index is 0.192. The molecule has 0 radical (unpaired) electrons. The predicted molar refractivity (Wildman–Crippen MR) is 110 cm³/mol. The first-order valence-corrected chi connectivity index (χ1v) is 9.88. The first-order chi connectivity index (χ1) is 13.0. The van der Waals surface area contributed by atoms with Crippen molar-refractivity contribution in [3.63, 3.8) is 0 Å². The van der Waals surface area contributed by atoms with Gasteiger partial charge in [-0.05, 0) is 32.4 Å². The summed E-state index contributed by atoms with van der Waals surface area (Å²) in [5.74, 6) is -0.195. The molecule has 27 heavy (non-hydrogen) atoms. The van der Waals surface area contributed by atoms with Gasteiger partial charge in [0.2, 0.25) is 0 Å². The number of carbonyl (C=O) groups is 1. The van der Waals surface area contributed by atoms with Gasteiger partial charge in [0.1, 0.15) is 0 Å². The number of methoxy groups -OCH3 is 1. The van der Waals surface area contributed by atoms with E-state index in [1.165, 1.54) is 12.7 Å². The van der Waals surface area contributed by atoms with E-state index in [-0.39, 0.29) is 12.0 Å². The Balaban J connectivity index is 1.75. The lowest BCUT2D eigenvalue weighted by atomic mass is 10.1. The summed E-state index contributed by atoms with van der Waals surface area (Å²) >= 11 is 1.61. The fourth-order valence-corrected chi connectivity index (χ4v) is 3.98. The normalized spacial score (nSPS) is 12.0. The first-order valence-electron chi connectivity index (χ1n) is 9.00. The van der Waals surface area contributed by atoms with E-state index in [0.717, 1.165) is 27.8 Å². The van der Waals surface area contributed by atoms with E-state index >= 15 is 0 Å². The number of nitrogens with one attached hydrogen (secondary N) is 1. The van der Waals surface area contributed by atoms with Crippen molar-refractivity contribution in [1.82, 2.24) is 9.55 Å². The topological polar surface area (TPSA) is 56.1 Å². The number of esters is 1. The molecule has 0 bridgehead atoms. The predicted octanol–water partition coefficient (Wildman–Crippen LogP) is 4.96. The van der Waals surface area contributed by atoms with Crippen molar-refractivity contribution in [2.45, 2.75) is 39.8 Å². The van der Waals surface area contributed by atoms with Gasteiger partial charge in [-0.3, -0.25) is 4.79 Å². The molecule has 2 heterocycles. The molecule has 5 nitrogen and oxygen atoms in total. The van der Waals surface area contributed by atoms with Crippen molar-refractivity contribution in [3.8, 4) is 11.3 Å². The summed E-state index contributed by atoms with van der Waals surface area (Å²) in [5.41, 5.74) is 5.53. The van der Waals surface area contributed by atoms with Crippen LogP contribution in [0.1, 0.15) is 36.3 Å². The van der Waals surface area contributed by atoms with E-state index in [2.05, 4.69) is 54.2 Å². The standard InChI is InChI=1S/C21H25N3O2S/c1-14-12-18(16(3)24(14)11-10-20(25)26-4)19-13-27-21(23-19)22-15(2)17-8-6-5-7-9-17/h5-9,12-13,15H,10-11H2,1-4H3,(H,22,23)/t15-/m0/s1. The lowest BCUT2D eigenvalue weighted by Gasteiger charge is -2.12. The van der Waals surface area contributed by atoms with Crippen LogP contribution in [0.3, 0.4) is 0 Å². The van der Waals surface area contributed by atoms with Gasteiger partial charge < -0.3 is 14.6 Å². The van der Waals surface area contributed by atoms with Crippen LogP contribution in [0.25, 0.3) is 11.3 Å². The highest BCUT2D eigenvalue weighted by atomic mass is 32.1. The third kappa shape index (κ3) is 4.39. The Morgan fingerprint density at radius 1 is 1.30 bits per heavy atom. The highest BCUT2D eigenvalue weighted by molar-refractivity contribution is 7.14. The second kappa shape index (κ2) is 8.39. The van der Waals surface area contributed by atoms with Gasteiger partial charge in [-0.2, -0.15) is 0 Å². The molecule has 0 unspecified atom stereocenters. The average Bonchev–Trinajstić information content (AvgIpc) is 3.24. The number of thiazole rings is 1. The molecule has 1 atom stereocenters. The fourth-order valence-electron chi connectivity index (χ4n) is 3.18. The van der Waals surface area contributed by atoms with E-state index < -0.39 is 0 Å². The zero-order valence-electron chi connectivity index (χ0n) is 16.2. The lowest BCUT2D eigenvalue weighted by Crippen LogP contribution is -2.09. The van der Waals surface area contributed by atoms with Crippen molar-refractivity contribution in [3.05, 3.63) is 58.7 Å². The number of anilines is 1.